The van der Waals surface area contributed by atoms with Crippen LogP contribution in [-0.2, 0) is 4.74 Å². The maximum Gasteiger partial charge on any atom is 0.0471 e. The van der Waals surface area contributed by atoms with Gasteiger partial charge in [0.05, 0.1) is 0 Å². The fourth-order valence-corrected chi connectivity index (χ4v) is 2.52. The van der Waals surface area contributed by atoms with Crippen LogP contribution in [0.2, 0.25) is 0 Å². The molecule has 1 atom stereocenters. The van der Waals surface area contributed by atoms with Crippen LogP contribution in [0.4, 0.5) is 0 Å². The number of hydrogen-bond acceptors (Lipinski definition) is 3. The van der Waals surface area contributed by atoms with Crippen LogP contribution in [0.3, 0.4) is 0 Å². The molecule has 0 bridgehead atoms. The lowest BCUT2D eigenvalue weighted by molar-refractivity contribution is 0.0240. The largest absolute Gasteiger partial charge is 0.381 e. The second kappa shape index (κ2) is 5.28. The molecule has 1 unspecified atom stereocenters. The van der Waals surface area contributed by atoms with Crippen LogP contribution in [0.25, 0.3) is 0 Å². The molecule has 88 valence electrons. The van der Waals surface area contributed by atoms with Crippen LogP contribution < -0.4 is 10.6 Å². The number of hydrogen-bond donors (Lipinski definition) is 2. The van der Waals surface area contributed by atoms with E-state index in [1.807, 2.05) is 0 Å². The van der Waals surface area contributed by atoms with E-state index in [0.717, 1.165) is 26.3 Å². The summed E-state index contributed by atoms with van der Waals surface area (Å²) in [7, 11) is 0. The van der Waals surface area contributed by atoms with Crippen LogP contribution in [0.1, 0.15) is 32.6 Å². The van der Waals surface area contributed by atoms with Gasteiger partial charge >= 0.3 is 0 Å². The highest BCUT2D eigenvalue weighted by Gasteiger charge is 2.27. The molecule has 2 aliphatic heterocycles. The first-order chi connectivity index (χ1) is 7.29. The van der Waals surface area contributed by atoms with E-state index >= 15 is 0 Å². The third kappa shape index (κ3) is 3.44. The minimum absolute atomic E-state index is 0.469. The van der Waals surface area contributed by atoms with Gasteiger partial charge in [0.2, 0.25) is 0 Å². The molecule has 2 heterocycles. The van der Waals surface area contributed by atoms with Crippen LogP contribution in [0.15, 0.2) is 0 Å². The van der Waals surface area contributed by atoms with Crippen molar-refractivity contribution >= 4 is 0 Å². The Balaban J connectivity index is 1.63. The highest BCUT2D eigenvalue weighted by Crippen LogP contribution is 2.28. The van der Waals surface area contributed by atoms with Crippen LogP contribution in [0.5, 0.6) is 0 Å². The monoisotopic (exact) mass is 212 g/mol. The van der Waals surface area contributed by atoms with Crippen molar-refractivity contribution in [3.63, 3.8) is 0 Å². The van der Waals surface area contributed by atoms with E-state index in [4.69, 9.17) is 4.74 Å². The molecule has 2 rings (SSSR count). The molecule has 0 radical (unpaired) electrons. The standard InChI is InChI=1S/C12H24N2O/c1-12(4-7-15-8-5-12)10-13-9-11-3-2-6-14-11/h11,13-14H,2-10H2,1H3. The Kier molecular flexibility index (Phi) is 4.00. The van der Waals surface area contributed by atoms with E-state index in [2.05, 4.69) is 17.6 Å². The first kappa shape index (κ1) is 11.4. The van der Waals surface area contributed by atoms with Gasteiger partial charge in [0.1, 0.15) is 0 Å². The summed E-state index contributed by atoms with van der Waals surface area (Å²) in [6.45, 7) is 7.76. The Morgan fingerprint density at radius 1 is 1.40 bits per heavy atom. The van der Waals surface area contributed by atoms with Gasteiger partial charge in [-0.1, -0.05) is 6.92 Å². The molecule has 0 aromatic carbocycles. The van der Waals surface area contributed by atoms with Gasteiger partial charge in [-0.05, 0) is 37.6 Å². The van der Waals surface area contributed by atoms with Gasteiger partial charge in [0.25, 0.3) is 0 Å². The van der Waals surface area contributed by atoms with Gasteiger partial charge in [0, 0.05) is 32.3 Å². The van der Waals surface area contributed by atoms with Gasteiger partial charge in [-0.25, -0.2) is 0 Å². The molecule has 0 spiro atoms. The van der Waals surface area contributed by atoms with E-state index in [-0.39, 0.29) is 0 Å². The van der Waals surface area contributed by atoms with Crippen molar-refractivity contribution in [1.82, 2.24) is 10.6 Å². The molecule has 2 saturated heterocycles. The van der Waals surface area contributed by atoms with Crippen molar-refractivity contribution in [3.05, 3.63) is 0 Å². The zero-order chi connectivity index (χ0) is 10.6. The smallest absolute Gasteiger partial charge is 0.0471 e. The Labute approximate surface area is 93.0 Å². The average Bonchev–Trinajstić information content (AvgIpc) is 2.71. The predicted octanol–water partition coefficient (Wildman–Crippen LogP) is 1.14. The molecule has 0 aromatic heterocycles. The van der Waals surface area contributed by atoms with Crippen molar-refractivity contribution in [2.45, 2.75) is 38.6 Å². The van der Waals surface area contributed by atoms with Crippen LogP contribution in [-0.4, -0.2) is 38.9 Å². The van der Waals surface area contributed by atoms with E-state index in [9.17, 15) is 0 Å². The Bertz CT molecular complexity index is 184. The molecular formula is C12H24N2O. The van der Waals surface area contributed by atoms with Gasteiger partial charge < -0.3 is 15.4 Å². The molecule has 0 saturated carbocycles. The summed E-state index contributed by atoms with van der Waals surface area (Å²) in [5.41, 5.74) is 0.469. The number of nitrogens with one attached hydrogen (secondary N) is 2. The van der Waals surface area contributed by atoms with E-state index in [1.165, 1.54) is 32.2 Å². The predicted molar refractivity (Wildman–Crippen MR) is 62.1 cm³/mol. The lowest BCUT2D eigenvalue weighted by Gasteiger charge is -2.34. The summed E-state index contributed by atoms with van der Waals surface area (Å²) >= 11 is 0. The molecular weight excluding hydrogens is 188 g/mol. The Morgan fingerprint density at radius 3 is 2.87 bits per heavy atom. The first-order valence-corrected chi connectivity index (χ1v) is 6.30. The average molecular weight is 212 g/mol. The molecule has 0 aromatic rings. The van der Waals surface area contributed by atoms with Crippen molar-refractivity contribution < 1.29 is 4.74 Å². The molecule has 2 N–H and O–H groups in total. The van der Waals surface area contributed by atoms with Gasteiger partial charge in [-0.2, -0.15) is 0 Å². The van der Waals surface area contributed by atoms with Crippen molar-refractivity contribution in [2.24, 2.45) is 5.41 Å². The van der Waals surface area contributed by atoms with Crippen molar-refractivity contribution in [2.75, 3.05) is 32.8 Å². The molecule has 15 heavy (non-hydrogen) atoms. The summed E-state index contributed by atoms with van der Waals surface area (Å²) in [5.74, 6) is 0. The summed E-state index contributed by atoms with van der Waals surface area (Å²) in [6.07, 6.45) is 5.10. The second-order valence-corrected chi connectivity index (χ2v) is 5.35. The van der Waals surface area contributed by atoms with Crippen LogP contribution in [0, 0.1) is 5.41 Å². The van der Waals surface area contributed by atoms with Crippen LogP contribution >= 0.6 is 0 Å². The summed E-state index contributed by atoms with van der Waals surface area (Å²) < 4.78 is 5.40. The molecule has 0 amide bonds. The fraction of sp³-hybridized carbons (Fsp3) is 1.00. The summed E-state index contributed by atoms with van der Waals surface area (Å²) in [5, 5.41) is 7.14. The Morgan fingerprint density at radius 2 is 2.20 bits per heavy atom. The lowest BCUT2D eigenvalue weighted by atomic mass is 9.82. The zero-order valence-corrected chi connectivity index (χ0v) is 9.85. The third-order valence-corrected chi connectivity index (χ3v) is 3.80. The maximum atomic E-state index is 5.40. The van der Waals surface area contributed by atoms with E-state index in [0.29, 0.717) is 11.5 Å². The summed E-state index contributed by atoms with van der Waals surface area (Å²) in [4.78, 5) is 0. The molecule has 3 heteroatoms. The molecule has 0 aliphatic carbocycles. The highest BCUT2D eigenvalue weighted by molar-refractivity contribution is 4.82. The fourth-order valence-electron chi connectivity index (χ4n) is 2.52. The minimum Gasteiger partial charge on any atom is -0.381 e. The maximum absolute atomic E-state index is 5.40. The molecule has 3 nitrogen and oxygen atoms in total. The summed E-state index contributed by atoms with van der Waals surface area (Å²) in [6, 6.07) is 0.716. The minimum atomic E-state index is 0.469. The van der Waals surface area contributed by atoms with E-state index in [1.54, 1.807) is 0 Å². The zero-order valence-electron chi connectivity index (χ0n) is 9.85. The van der Waals surface area contributed by atoms with Crippen molar-refractivity contribution in [3.8, 4) is 0 Å². The lowest BCUT2D eigenvalue weighted by Crippen LogP contribution is -2.41. The van der Waals surface area contributed by atoms with E-state index < -0.39 is 0 Å². The van der Waals surface area contributed by atoms with Gasteiger partial charge in [-0.3, -0.25) is 0 Å². The van der Waals surface area contributed by atoms with Gasteiger partial charge in [0.15, 0.2) is 0 Å². The normalized spacial score (nSPS) is 30.6. The highest BCUT2D eigenvalue weighted by atomic mass is 16.5. The second-order valence-electron chi connectivity index (χ2n) is 5.35. The van der Waals surface area contributed by atoms with Crippen molar-refractivity contribution in [1.29, 1.82) is 0 Å². The third-order valence-electron chi connectivity index (χ3n) is 3.80. The van der Waals surface area contributed by atoms with Gasteiger partial charge in [-0.15, -0.1) is 0 Å². The SMILES string of the molecule is CC1(CNCC2CCCN2)CCOCC1. The number of rotatable bonds is 4. The Hall–Kier alpha value is -0.120. The topological polar surface area (TPSA) is 33.3 Å². The number of ether oxygens (including phenoxy) is 1. The molecule has 2 aliphatic rings. The quantitative estimate of drug-likeness (QED) is 0.733. The molecule has 2 fully saturated rings. The first-order valence-electron chi connectivity index (χ1n) is 6.30.